The highest BCUT2D eigenvalue weighted by Crippen LogP contribution is 2.09. The van der Waals surface area contributed by atoms with Crippen LogP contribution in [0.4, 0.5) is 0 Å². The number of nitrogens with zero attached hydrogens (tertiary/aromatic N) is 1. The largest absolute Gasteiger partial charge is 0.241 e. The van der Waals surface area contributed by atoms with Crippen LogP contribution in [0.1, 0.15) is 0 Å². The van der Waals surface area contributed by atoms with Crippen LogP contribution in [-0.2, 0) is 0 Å². The van der Waals surface area contributed by atoms with Gasteiger partial charge in [0.25, 0.3) is 0 Å². The van der Waals surface area contributed by atoms with E-state index in [-0.39, 0.29) is 0 Å². The Morgan fingerprint density at radius 1 is 2.00 bits per heavy atom. The quantitative estimate of drug-likeness (QED) is 0.504. The van der Waals surface area contributed by atoms with Gasteiger partial charge in [0.2, 0.25) is 0 Å². The van der Waals surface area contributed by atoms with E-state index in [0.717, 1.165) is 0 Å². The zero-order valence-corrected chi connectivity index (χ0v) is 4.38. The smallest absolute Gasteiger partial charge is 0.122 e. The van der Waals surface area contributed by atoms with Gasteiger partial charge in [-0.15, -0.1) is 11.3 Å². The Kier molecular flexibility index (Phi) is 1.08. The molecule has 1 aromatic rings. The molecule has 1 radical (unpaired) electrons. The minimum atomic E-state index is 0.620. The Morgan fingerprint density at radius 3 is 3.00 bits per heavy atom. The first-order chi connectivity index (χ1) is 2.89. The summed E-state index contributed by atoms with van der Waals surface area (Å²) in [5, 5.41) is 0. The summed E-state index contributed by atoms with van der Waals surface area (Å²) >= 11 is 6.73. The first-order valence-electron chi connectivity index (χ1n) is 1.36. The molecule has 0 atom stereocenters. The van der Waals surface area contributed by atoms with E-state index in [1.165, 1.54) is 11.3 Å². The van der Waals surface area contributed by atoms with Crippen LogP contribution in [0.3, 0.4) is 0 Å². The van der Waals surface area contributed by atoms with Gasteiger partial charge in [-0.1, -0.05) is 11.6 Å². The monoisotopic (exact) mass is 118 g/mol. The maximum atomic E-state index is 5.36. The van der Waals surface area contributed by atoms with Crippen molar-refractivity contribution in [1.29, 1.82) is 0 Å². The van der Waals surface area contributed by atoms with E-state index in [9.17, 15) is 0 Å². The molecule has 0 N–H and O–H groups in total. The van der Waals surface area contributed by atoms with Gasteiger partial charge in [0.05, 0.1) is 5.51 Å². The lowest BCUT2D eigenvalue weighted by molar-refractivity contribution is 1.41. The first-order valence-corrected chi connectivity index (χ1v) is 2.62. The lowest BCUT2D eigenvalue weighted by Gasteiger charge is -1.58. The zero-order valence-electron chi connectivity index (χ0n) is 2.81. The topological polar surface area (TPSA) is 12.9 Å². The van der Waals surface area contributed by atoms with Gasteiger partial charge >= 0.3 is 0 Å². The van der Waals surface area contributed by atoms with Crippen molar-refractivity contribution in [2.24, 2.45) is 0 Å². The van der Waals surface area contributed by atoms with E-state index >= 15 is 0 Å². The molecule has 0 fully saturated rings. The Labute approximate surface area is 44.6 Å². The van der Waals surface area contributed by atoms with Gasteiger partial charge in [-0.05, 0) is 0 Å². The van der Waals surface area contributed by atoms with Crippen molar-refractivity contribution >= 4 is 22.9 Å². The highest BCUT2D eigenvalue weighted by atomic mass is 35.5. The molecule has 0 aromatic carbocycles. The first kappa shape index (κ1) is 4.09. The Bertz CT molecular complexity index is 114. The van der Waals surface area contributed by atoms with Crippen molar-refractivity contribution in [3.63, 3.8) is 0 Å². The third-order valence-electron chi connectivity index (χ3n) is 0.361. The van der Waals surface area contributed by atoms with Crippen LogP contribution in [-0.4, -0.2) is 4.98 Å². The summed E-state index contributed by atoms with van der Waals surface area (Å²) in [7, 11) is 0. The van der Waals surface area contributed by atoms with Crippen LogP contribution in [0.15, 0.2) is 5.51 Å². The van der Waals surface area contributed by atoms with Crippen LogP contribution in [0.5, 0.6) is 0 Å². The standard InChI is InChI=1S/C3HClNS/c4-3-1-5-2-6-3/h2H. The minimum absolute atomic E-state index is 0.620. The Balaban J connectivity index is 3.05. The molecule has 1 aromatic heterocycles. The second kappa shape index (κ2) is 1.58. The van der Waals surface area contributed by atoms with Gasteiger partial charge in [0, 0.05) is 0 Å². The number of rotatable bonds is 0. The highest BCUT2D eigenvalue weighted by molar-refractivity contribution is 7.13. The van der Waals surface area contributed by atoms with E-state index in [4.69, 9.17) is 11.6 Å². The number of hydrogen-bond acceptors (Lipinski definition) is 2. The summed E-state index contributed by atoms with van der Waals surface area (Å²) in [5.74, 6) is 0. The molecule has 1 nitrogen and oxygen atoms in total. The maximum absolute atomic E-state index is 5.36. The maximum Gasteiger partial charge on any atom is 0.122 e. The fourth-order valence-corrected chi connectivity index (χ4v) is 0.648. The predicted molar refractivity (Wildman–Crippen MR) is 26.0 cm³/mol. The van der Waals surface area contributed by atoms with Crippen LogP contribution < -0.4 is 0 Å². The van der Waals surface area contributed by atoms with Gasteiger partial charge in [-0.3, -0.25) is 0 Å². The molecule has 0 spiro atoms. The van der Waals surface area contributed by atoms with Crippen molar-refractivity contribution in [1.82, 2.24) is 4.98 Å². The summed E-state index contributed by atoms with van der Waals surface area (Å²) in [6.45, 7) is 0. The SMILES string of the molecule is Clc1[c]ncs1. The van der Waals surface area contributed by atoms with Crippen molar-refractivity contribution in [3.8, 4) is 0 Å². The van der Waals surface area contributed by atoms with Gasteiger partial charge in [-0.25, -0.2) is 4.98 Å². The Morgan fingerprint density at radius 2 is 2.83 bits per heavy atom. The molecule has 3 heteroatoms. The lowest BCUT2D eigenvalue weighted by Crippen LogP contribution is -1.43. The molecule has 0 aliphatic carbocycles. The van der Waals surface area contributed by atoms with E-state index < -0.39 is 0 Å². The molecule has 1 rings (SSSR count). The normalized spacial score (nSPS) is 8.83. The van der Waals surface area contributed by atoms with E-state index in [1.807, 2.05) is 0 Å². The van der Waals surface area contributed by atoms with Gasteiger partial charge < -0.3 is 0 Å². The average Bonchev–Trinajstić information content (AvgIpc) is 1.86. The highest BCUT2D eigenvalue weighted by Gasteiger charge is 1.81. The molecular weight excluding hydrogens is 118 g/mol. The second-order valence-corrected chi connectivity index (χ2v) is 2.19. The van der Waals surface area contributed by atoms with Crippen LogP contribution in [0.25, 0.3) is 0 Å². The van der Waals surface area contributed by atoms with Crippen LogP contribution >= 0.6 is 22.9 Å². The molecule has 0 aliphatic rings. The Hall–Kier alpha value is -0.0800. The molecule has 0 amide bonds. The number of hydrogen-bond donors (Lipinski definition) is 0. The zero-order chi connectivity index (χ0) is 4.41. The van der Waals surface area contributed by atoms with Crippen molar-refractivity contribution < 1.29 is 0 Å². The van der Waals surface area contributed by atoms with Gasteiger partial charge in [0.15, 0.2) is 0 Å². The molecule has 6 heavy (non-hydrogen) atoms. The minimum Gasteiger partial charge on any atom is -0.241 e. The van der Waals surface area contributed by atoms with E-state index in [0.29, 0.717) is 4.34 Å². The number of aromatic nitrogens is 1. The van der Waals surface area contributed by atoms with E-state index in [1.54, 1.807) is 5.51 Å². The van der Waals surface area contributed by atoms with Gasteiger partial charge in [-0.2, -0.15) is 0 Å². The summed E-state index contributed by atoms with van der Waals surface area (Å²) < 4.78 is 0.620. The molecule has 0 bridgehead atoms. The fourth-order valence-electron chi connectivity index (χ4n) is 0.176. The lowest BCUT2D eigenvalue weighted by atomic mass is 11.0. The number of thiazole rings is 1. The molecule has 0 aliphatic heterocycles. The van der Waals surface area contributed by atoms with Crippen molar-refractivity contribution in [3.05, 3.63) is 16.0 Å². The third-order valence-corrected chi connectivity index (χ3v) is 1.22. The number of halogens is 1. The van der Waals surface area contributed by atoms with Crippen molar-refractivity contribution in [2.75, 3.05) is 0 Å². The predicted octanol–water partition coefficient (Wildman–Crippen LogP) is 1.60. The molecule has 0 saturated heterocycles. The average molecular weight is 119 g/mol. The summed E-state index contributed by atoms with van der Waals surface area (Å²) in [6, 6.07) is 0. The molecule has 1 heterocycles. The molecule has 0 unspecified atom stereocenters. The summed E-state index contributed by atoms with van der Waals surface area (Å²) in [4.78, 5) is 3.58. The van der Waals surface area contributed by atoms with Gasteiger partial charge in [0.1, 0.15) is 10.5 Å². The second-order valence-electron chi connectivity index (χ2n) is 0.738. The molecule has 0 saturated carbocycles. The summed E-state index contributed by atoms with van der Waals surface area (Å²) in [5.41, 5.74) is 1.64. The van der Waals surface area contributed by atoms with Crippen LogP contribution in [0, 0.1) is 6.20 Å². The van der Waals surface area contributed by atoms with Crippen molar-refractivity contribution in [2.45, 2.75) is 0 Å². The molecule has 31 valence electrons. The molecular formula is C3HClNS. The van der Waals surface area contributed by atoms with E-state index in [2.05, 4.69) is 11.2 Å². The summed E-state index contributed by atoms with van der Waals surface area (Å²) in [6.07, 6.45) is 2.53. The van der Waals surface area contributed by atoms with Crippen LogP contribution in [0.2, 0.25) is 4.34 Å². The third kappa shape index (κ3) is 0.698. The fraction of sp³-hybridized carbons (Fsp3) is 0.